The lowest BCUT2D eigenvalue weighted by atomic mass is 9.71. The molecule has 1 saturated carbocycles. The second-order valence-corrected chi connectivity index (χ2v) is 13.4. The number of H-pyrrole nitrogens is 1. The molecule has 0 radical (unpaired) electrons. The largest absolute Gasteiger partial charge is 0.508 e. The average Bonchev–Trinajstić information content (AvgIpc) is 3.58. The van der Waals surface area contributed by atoms with Crippen LogP contribution in [-0.4, -0.2) is 63.4 Å². The van der Waals surface area contributed by atoms with Gasteiger partial charge in [-0.25, -0.2) is 0 Å². The second-order valence-electron chi connectivity index (χ2n) is 13.4. The maximum absolute atomic E-state index is 11.5. The number of aliphatic hydroxyl groups excluding tert-OH is 2. The summed E-state index contributed by atoms with van der Waals surface area (Å²) in [7, 11) is 3.42. The van der Waals surface area contributed by atoms with Crippen LogP contribution in [0.15, 0.2) is 48.8 Å². The lowest BCUT2D eigenvalue weighted by Crippen LogP contribution is -2.44. The zero-order valence-electron chi connectivity index (χ0n) is 26.8. The molecule has 3 aromatic rings. The fraction of sp³-hybridized carbons (Fsp3) is 0.514. The number of fused-ring (bicyclic) bond motifs is 1. The average molecular weight is 633 g/mol. The molecule has 1 aliphatic heterocycles. The van der Waals surface area contributed by atoms with Gasteiger partial charge in [-0.1, -0.05) is 24.3 Å². The first-order valence-electron chi connectivity index (χ1n) is 16.7. The number of ether oxygens (including phenoxy) is 2. The smallest absolute Gasteiger partial charge is 0.201 e. The number of nitrogens with one attached hydrogen (secondary N) is 2. The number of aromatic hydroxyl groups is 3. The van der Waals surface area contributed by atoms with Crippen LogP contribution in [0, 0.1) is 11.8 Å². The summed E-state index contributed by atoms with van der Waals surface area (Å²) in [5, 5.41) is 57.8. The van der Waals surface area contributed by atoms with Crippen LogP contribution >= 0.6 is 0 Å². The fourth-order valence-electron chi connectivity index (χ4n) is 8.25. The van der Waals surface area contributed by atoms with Crippen LogP contribution in [0.2, 0.25) is 0 Å². The van der Waals surface area contributed by atoms with Gasteiger partial charge < -0.3 is 45.3 Å². The van der Waals surface area contributed by atoms with E-state index in [1.165, 1.54) is 12.7 Å². The van der Waals surface area contributed by atoms with Crippen molar-refractivity contribution in [3.8, 4) is 23.0 Å². The molecule has 0 spiro atoms. The Hall–Kier alpha value is -3.50. The monoisotopic (exact) mass is 632 g/mol. The van der Waals surface area contributed by atoms with E-state index in [1.54, 1.807) is 0 Å². The molecule has 9 heteroatoms. The molecule has 2 aliphatic carbocycles. The number of aromatic nitrogens is 1. The Balaban J connectivity index is 1.28. The molecule has 7 atom stereocenters. The highest BCUT2D eigenvalue weighted by atomic mass is 16.5. The number of methoxy groups -OCH3 is 1. The number of aromatic amines is 1. The van der Waals surface area contributed by atoms with E-state index in [4.69, 9.17) is 9.47 Å². The van der Waals surface area contributed by atoms with Gasteiger partial charge in [-0.3, -0.25) is 0 Å². The third kappa shape index (κ3) is 6.38. The van der Waals surface area contributed by atoms with Gasteiger partial charge in [-0.05, 0) is 92.8 Å². The zero-order chi connectivity index (χ0) is 32.4. The van der Waals surface area contributed by atoms with Crippen LogP contribution in [-0.2, 0) is 17.8 Å². The quantitative estimate of drug-likeness (QED) is 0.112. The first kappa shape index (κ1) is 32.4. The molecule has 6 rings (SSSR count). The summed E-state index contributed by atoms with van der Waals surface area (Å²) < 4.78 is 12.4. The molecule has 0 bridgehead atoms. The minimum Gasteiger partial charge on any atom is -0.508 e. The van der Waals surface area contributed by atoms with Crippen LogP contribution in [0.4, 0.5) is 0 Å². The normalized spacial score (nSPS) is 27.8. The topological polar surface area (TPSA) is 147 Å². The van der Waals surface area contributed by atoms with Crippen LogP contribution in [0.3, 0.4) is 0 Å². The van der Waals surface area contributed by atoms with Gasteiger partial charge in [-0.2, -0.15) is 0 Å². The minimum atomic E-state index is -0.629. The summed E-state index contributed by atoms with van der Waals surface area (Å²) in [5.41, 5.74) is 4.43. The van der Waals surface area contributed by atoms with Crippen LogP contribution < -0.4 is 10.1 Å². The van der Waals surface area contributed by atoms with Crippen molar-refractivity contribution in [2.24, 2.45) is 11.8 Å². The van der Waals surface area contributed by atoms with Crippen molar-refractivity contribution in [3.63, 3.8) is 0 Å². The lowest BCUT2D eigenvalue weighted by molar-refractivity contribution is -0.154. The lowest BCUT2D eigenvalue weighted by Gasteiger charge is -2.45. The number of rotatable bonds is 10. The summed E-state index contributed by atoms with van der Waals surface area (Å²) in [5.74, 6) is 0.533. The van der Waals surface area contributed by atoms with Gasteiger partial charge in [0.2, 0.25) is 5.75 Å². The highest BCUT2D eigenvalue weighted by Crippen LogP contribution is 2.52. The number of benzene rings is 2. The standard InChI is InChI=1S/C37H48N2O7/c1-38-12-10-21-4-3-5-25(14-21)27-16-23(7-9-30(27)41)24-6-8-26-31(42)18-33(46-32(26)17-24)34-28(15-22-11-13-39-19-22)37(45-2)36(44)35(43)29(34)20-40/h3,5,7,9,11,13,16,19,21,24-26,31-33,38-44H,4,6,8,10,12,14-15,17-18,20H2,1-2H3/t21-,24+,25+,26+,31-,32-,33-/m0/s1. The fourth-order valence-corrected chi connectivity index (χ4v) is 8.25. The van der Waals surface area contributed by atoms with Crippen molar-refractivity contribution >= 4 is 0 Å². The molecule has 2 fully saturated rings. The van der Waals surface area contributed by atoms with Crippen LogP contribution in [0.25, 0.3) is 0 Å². The van der Waals surface area contributed by atoms with Gasteiger partial charge in [0.05, 0.1) is 32.0 Å². The first-order chi connectivity index (χ1) is 22.3. The summed E-state index contributed by atoms with van der Waals surface area (Å²) in [6.45, 7) is 0.478. The van der Waals surface area contributed by atoms with Gasteiger partial charge in [0.1, 0.15) is 5.75 Å². The molecule has 7 N–H and O–H groups in total. The Bertz CT molecular complexity index is 1520. The van der Waals surface area contributed by atoms with Gasteiger partial charge in [0.15, 0.2) is 11.5 Å². The third-order valence-electron chi connectivity index (χ3n) is 10.7. The predicted molar refractivity (Wildman–Crippen MR) is 175 cm³/mol. The van der Waals surface area contributed by atoms with Crippen molar-refractivity contribution in [2.75, 3.05) is 20.7 Å². The molecule has 9 nitrogen and oxygen atoms in total. The molecule has 46 heavy (non-hydrogen) atoms. The van der Waals surface area contributed by atoms with Crippen molar-refractivity contribution in [1.82, 2.24) is 10.3 Å². The number of hydrogen-bond donors (Lipinski definition) is 7. The molecular formula is C37H48N2O7. The van der Waals surface area contributed by atoms with Gasteiger partial charge in [0.25, 0.3) is 0 Å². The molecule has 2 heterocycles. The van der Waals surface area contributed by atoms with E-state index < -0.39 is 30.3 Å². The Morgan fingerprint density at radius 2 is 1.89 bits per heavy atom. The summed E-state index contributed by atoms with van der Waals surface area (Å²) in [6, 6.07) is 7.94. The molecule has 2 aromatic carbocycles. The third-order valence-corrected chi connectivity index (χ3v) is 10.7. The molecule has 248 valence electrons. The molecule has 0 unspecified atom stereocenters. The highest BCUT2D eigenvalue weighted by Gasteiger charge is 2.44. The van der Waals surface area contributed by atoms with Crippen LogP contribution in [0.1, 0.15) is 96.3 Å². The van der Waals surface area contributed by atoms with Gasteiger partial charge in [-0.15, -0.1) is 0 Å². The molecule has 1 aromatic heterocycles. The van der Waals surface area contributed by atoms with E-state index in [9.17, 15) is 25.5 Å². The highest BCUT2D eigenvalue weighted by molar-refractivity contribution is 5.64. The van der Waals surface area contributed by atoms with E-state index in [1.807, 2.05) is 37.6 Å². The molecule has 0 amide bonds. The van der Waals surface area contributed by atoms with E-state index >= 15 is 0 Å². The number of allylic oxidation sites excluding steroid dienone is 2. The molecule has 3 aliphatic rings. The Morgan fingerprint density at radius 1 is 1.04 bits per heavy atom. The van der Waals surface area contributed by atoms with E-state index in [0.717, 1.165) is 49.8 Å². The van der Waals surface area contributed by atoms with Crippen molar-refractivity contribution in [3.05, 3.63) is 82.2 Å². The van der Waals surface area contributed by atoms with Crippen molar-refractivity contribution in [1.29, 1.82) is 0 Å². The number of hydrogen-bond acceptors (Lipinski definition) is 8. The summed E-state index contributed by atoms with van der Waals surface area (Å²) in [4.78, 5) is 3.05. The number of phenolic OH excluding ortho intramolecular Hbond substituents is 2. The van der Waals surface area contributed by atoms with Crippen LogP contribution in [0.5, 0.6) is 23.0 Å². The molecular weight excluding hydrogens is 584 g/mol. The van der Waals surface area contributed by atoms with E-state index in [2.05, 4.69) is 28.5 Å². The summed E-state index contributed by atoms with van der Waals surface area (Å²) >= 11 is 0. The maximum atomic E-state index is 11.5. The minimum absolute atomic E-state index is 0.0309. The van der Waals surface area contributed by atoms with Gasteiger partial charge in [0, 0.05) is 53.8 Å². The number of phenols is 3. The van der Waals surface area contributed by atoms with Gasteiger partial charge >= 0.3 is 0 Å². The maximum Gasteiger partial charge on any atom is 0.201 e. The Kier molecular flexibility index (Phi) is 9.94. The van der Waals surface area contributed by atoms with E-state index in [0.29, 0.717) is 42.1 Å². The predicted octanol–water partition coefficient (Wildman–Crippen LogP) is 5.66. The number of aliphatic hydroxyl groups is 2. The SMILES string of the molecule is CNCC[C@@H]1CC=C[C@@H](c2cc([C@@H]3CC[C@H]4[C@H](C3)O[C@H](c3c(CO)c(O)c(O)c(OC)c3Cc3cc[nH]c3)C[C@@H]4O)ccc2O)C1. The Labute approximate surface area is 270 Å². The first-order valence-corrected chi connectivity index (χ1v) is 16.7. The van der Waals surface area contributed by atoms with E-state index in [-0.39, 0.29) is 35.2 Å². The second kappa shape index (κ2) is 14.1. The van der Waals surface area contributed by atoms with Crippen molar-refractivity contribution < 1.29 is 35.0 Å². The van der Waals surface area contributed by atoms with Crippen molar-refractivity contribution in [2.45, 2.75) is 88.1 Å². The summed E-state index contributed by atoms with van der Waals surface area (Å²) in [6.07, 6.45) is 12.9. The molecule has 1 saturated heterocycles. The Morgan fingerprint density at radius 3 is 2.63 bits per heavy atom. The zero-order valence-corrected chi connectivity index (χ0v) is 26.8.